The minimum Gasteiger partial charge on any atom is -0.343 e. The van der Waals surface area contributed by atoms with Crippen LogP contribution >= 0.6 is 0 Å². The van der Waals surface area contributed by atoms with Gasteiger partial charge in [-0.1, -0.05) is 37.3 Å². The quantitative estimate of drug-likeness (QED) is 0.850. The molecule has 0 aliphatic carbocycles. The number of likely N-dealkylation sites (tertiary alicyclic amines) is 1. The fourth-order valence-corrected chi connectivity index (χ4v) is 2.60. The number of benzene rings is 1. The highest BCUT2D eigenvalue weighted by molar-refractivity contribution is 5.99. The topological polar surface area (TPSA) is 49.4 Å². The molecule has 1 aromatic carbocycles. The first-order valence-corrected chi connectivity index (χ1v) is 8.02. The van der Waals surface area contributed by atoms with Crippen LogP contribution in [0, 0.1) is 0 Å². The van der Waals surface area contributed by atoms with E-state index >= 15 is 0 Å². The van der Waals surface area contributed by atoms with Gasteiger partial charge >= 0.3 is 0 Å². The Balaban J connectivity index is 1.89. The molecule has 1 aromatic rings. The van der Waals surface area contributed by atoms with Crippen LogP contribution in [0.3, 0.4) is 0 Å². The van der Waals surface area contributed by atoms with E-state index < -0.39 is 0 Å². The third-order valence-corrected chi connectivity index (χ3v) is 3.92. The molecule has 0 unspecified atom stereocenters. The molecule has 0 spiro atoms. The van der Waals surface area contributed by atoms with E-state index in [0.29, 0.717) is 12.0 Å². The minimum atomic E-state index is -0.156. The summed E-state index contributed by atoms with van der Waals surface area (Å²) in [6.07, 6.45) is 5.83. The standard InChI is InChI=1S/C18H24N2O2/c1-2-16(13-15-9-5-3-6-10-15)18(22)19-14-17(21)20-11-7-4-8-12-20/h3,5-6,9-10,13H,2,4,7-8,11-12,14H2,1H3,(H,19,22)/b16-13+. The summed E-state index contributed by atoms with van der Waals surface area (Å²) in [5.41, 5.74) is 1.69. The average molecular weight is 300 g/mol. The second-order valence-corrected chi connectivity index (χ2v) is 5.56. The molecule has 0 atom stereocenters. The lowest BCUT2D eigenvalue weighted by molar-refractivity contribution is -0.132. The first kappa shape index (κ1) is 16.3. The molecule has 0 radical (unpaired) electrons. The summed E-state index contributed by atoms with van der Waals surface area (Å²) in [6, 6.07) is 9.75. The Kier molecular flexibility index (Phi) is 6.19. The van der Waals surface area contributed by atoms with Gasteiger partial charge in [0.1, 0.15) is 0 Å². The van der Waals surface area contributed by atoms with Gasteiger partial charge in [0.05, 0.1) is 6.54 Å². The Morgan fingerprint density at radius 3 is 2.45 bits per heavy atom. The molecule has 1 heterocycles. The van der Waals surface area contributed by atoms with Gasteiger partial charge in [0.25, 0.3) is 0 Å². The average Bonchev–Trinajstić information content (AvgIpc) is 2.59. The maximum atomic E-state index is 12.2. The number of piperidine rings is 1. The van der Waals surface area contributed by atoms with Crippen molar-refractivity contribution >= 4 is 17.9 Å². The predicted octanol–water partition coefficient (Wildman–Crippen LogP) is 2.61. The third kappa shape index (κ3) is 4.72. The van der Waals surface area contributed by atoms with Crippen molar-refractivity contribution in [1.82, 2.24) is 10.2 Å². The zero-order chi connectivity index (χ0) is 15.8. The molecule has 118 valence electrons. The van der Waals surface area contributed by atoms with Gasteiger partial charge in [-0.05, 0) is 37.3 Å². The van der Waals surface area contributed by atoms with Crippen LogP contribution in [0.25, 0.3) is 6.08 Å². The van der Waals surface area contributed by atoms with Crippen molar-refractivity contribution in [3.8, 4) is 0 Å². The number of hydrogen-bond acceptors (Lipinski definition) is 2. The third-order valence-electron chi connectivity index (χ3n) is 3.92. The molecular weight excluding hydrogens is 276 g/mol. The summed E-state index contributed by atoms with van der Waals surface area (Å²) < 4.78 is 0. The molecule has 0 bridgehead atoms. The Labute approximate surface area is 132 Å². The summed E-state index contributed by atoms with van der Waals surface area (Å²) in [6.45, 7) is 3.66. The number of rotatable bonds is 5. The lowest BCUT2D eigenvalue weighted by Gasteiger charge is -2.26. The Bertz CT molecular complexity index is 531. The lowest BCUT2D eigenvalue weighted by atomic mass is 10.1. The summed E-state index contributed by atoms with van der Waals surface area (Å²) in [5, 5.41) is 2.75. The highest BCUT2D eigenvalue weighted by atomic mass is 16.2. The molecule has 22 heavy (non-hydrogen) atoms. The Morgan fingerprint density at radius 2 is 1.82 bits per heavy atom. The number of carbonyl (C=O) groups excluding carboxylic acids is 2. The summed E-state index contributed by atoms with van der Waals surface area (Å²) in [5.74, 6) is -0.139. The summed E-state index contributed by atoms with van der Waals surface area (Å²) in [7, 11) is 0. The number of amides is 2. The fraction of sp³-hybridized carbons (Fsp3) is 0.444. The number of hydrogen-bond donors (Lipinski definition) is 1. The van der Waals surface area contributed by atoms with Gasteiger partial charge in [-0.2, -0.15) is 0 Å². The molecule has 4 heteroatoms. The first-order chi connectivity index (χ1) is 10.7. The predicted molar refractivity (Wildman–Crippen MR) is 88.2 cm³/mol. The molecule has 1 aliphatic heterocycles. The van der Waals surface area contributed by atoms with E-state index in [-0.39, 0.29) is 18.4 Å². The first-order valence-electron chi connectivity index (χ1n) is 8.02. The van der Waals surface area contributed by atoms with E-state index in [0.717, 1.165) is 31.5 Å². The van der Waals surface area contributed by atoms with E-state index in [1.165, 1.54) is 6.42 Å². The molecule has 2 amide bonds. The highest BCUT2D eigenvalue weighted by Gasteiger charge is 2.17. The van der Waals surface area contributed by atoms with E-state index in [9.17, 15) is 9.59 Å². The van der Waals surface area contributed by atoms with Crippen LogP contribution < -0.4 is 5.32 Å². The van der Waals surface area contributed by atoms with Crippen LogP contribution in [0.1, 0.15) is 38.2 Å². The SMILES string of the molecule is CC/C(=C\c1ccccc1)C(=O)NCC(=O)N1CCCCC1. The summed E-state index contributed by atoms with van der Waals surface area (Å²) >= 11 is 0. The molecule has 1 N–H and O–H groups in total. The normalized spacial score (nSPS) is 15.5. The van der Waals surface area contributed by atoms with Crippen molar-refractivity contribution in [1.29, 1.82) is 0 Å². The monoisotopic (exact) mass is 300 g/mol. The zero-order valence-electron chi connectivity index (χ0n) is 13.2. The highest BCUT2D eigenvalue weighted by Crippen LogP contribution is 2.10. The van der Waals surface area contributed by atoms with Crippen LogP contribution in [0.15, 0.2) is 35.9 Å². The van der Waals surface area contributed by atoms with Gasteiger partial charge in [-0.15, -0.1) is 0 Å². The molecule has 2 rings (SSSR count). The van der Waals surface area contributed by atoms with Crippen LogP contribution in [0.4, 0.5) is 0 Å². The largest absolute Gasteiger partial charge is 0.343 e. The molecule has 1 aliphatic rings. The van der Waals surface area contributed by atoms with Crippen molar-refractivity contribution in [2.75, 3.05) is 19.6 Å². The number of nitrogens with zero attached hydrogens (tertiary/aromatic N) is 1. The molecule has 0 aromatic heterocycles. The van der Waals surface area contributed by atoms with Crippen molar-refractivity contribution < 1.29 is 9.59 Å². The fourth-order valence-electron chi connectivity index (χ4n) is 2.60. The van der Waals surface area contributed by atoms with Crippen molar-refractivity contribution in [2.24, 2.45) is 0 Å². The zero-order valence-corrected chi connectivity index (χ0v) is 13.2. The maximum absolute atomic E-state index is 12.2. The molecule has 1 fully saturated rings. The van der Waals surface area contributed by atoms with Crippen molar-refractivity contribution in [3.05, 3.63) is 41.5 Å². The van der Waals surface area contributed by atoms with Gasteiger partial charge in [0, 0.05) is 18.7 Å². The maximum Gasteiger partial charge on any atom is 0.247 e. The molecule has 0 saturated carbocycles. The Hall–Kier alpha value is -2.10. The Morgan fingerprint density at radius 1 is 1.14 bits per heavy atom. The van der Waals surface area contributed by atoms with Gasteiger partial charge < -0.3 is 10.2 Å². The van der Waals surface area contributed by atoms with Gasteiger partial charge in [-0.3, -0.25) is 9.59 Å². The second kappa shape index (κ2) is 8.37. The van der Waals surface area contributed by atoms with E-state index in [1.807, 2.05) is 48.2 Å². The van der Waals surface area contributed by atoms with Crippen LogP contribution in [0.5, 0.6) is 0 Å². The smallest absolute Gasteiger partial charge is 0.247 e. The number of nitrogens with one attached hydrogen (secondary N) is 1. The number of carbonyl (C=O) groups is 2. The second-order valence-electron chi connectivity index (χ2n) is 5.56. The van der Waals surface area contributed by atoms with E-state index in [4.69, 9.17) is 0 Å². The molecule has 4 nitrogen and oxygen atoms in total. The molecule has 1 saturated heterocycles. The van der Waals surface area contributed by atoms with E-state index in [1.54, 1.807) is 0 Å². The van der Waals surface area contributed by atoms with Gasteiger partial charge in [0.2, 0.25) is 11.8 Å². The molecular formula is C18H24N2O2. The van der Waals surface area contributed by atoms with Gasteiger partial charge in [0.15, 0.2) is 0 Å². The summed E-state index contributed by atoms with van der Waals surface area (Å²) in [4.78, 5) is 26.1. The van der Waals surface area contributed by atoms with Crippen LogP contribution in [-0.4, -0.2) is 36.3 Å². The van der Waals surface area contributed by atoms with Crippen LogP contribution in [0.2, 0.25) is 0 Å². The minimum absolute atomic E-state index is 0.0169. The van der Waals surface area contributed by atoms with Gasteiger partial charge in [-0.25, -0.2) is 0 Å². The van der Waals surface area contributed by atoms with Crippen molar-refractivity contribution in [3.63, 3.8) is 0 Å². The lowest BCUT2D eigenvalue weighted by Crippen LogP contribution is -2.42. The van der Waals surface area contributed by atoms with E-state index in [2.05, 4.69) is 5.32 Å². The van der Waals surface area contributed by atoms with Crippen LogP contribution in [-0.2, 0) is 9.59 Å². The van der Waals surface area contributed by atoms with Crippen molar-refractivity contribution in [2.45, 2.75) is 32.6 Å².